The lowest BCUT2D eigenvalue weighted by Crippen LogP contribution is -2.30. The summed E-state index contributed by atoms with van der Waals surface area (Å²) < 4.78 is 0. The van der Waals surface area contributed by atoms with E-state index in [1.165, 1.54) is 0 Å². The first-order chi connectivity index (χ1) is 10.1. The van der Waals surface area contributed by atoms with Crippen LogP contribution in [0.4, 0.5) is 5.69 Å². The molecule has 0 aromatic heterocycles. The Labute approximate surface area is 124 Å². The van der Waals surface area contributed by atoms with Crippen LogP contribution in [-0.2, 0) is 0 Å². The van der Waals surface area contributed by atoms with Crippen LogP contribution >= 0.6 is 0 Å². The van der Waals surface area contributed by atoms with Crippen LogP contribution in [0.5, 0.6) is 0 Å². The molecule has 0 aliphatic carbocycles. The fraction of sp³-hybridized carbons (Fsp3) is 0.176. The van der Waals surface area contributed by atoms with Crippen LogP contribution in [0.2, 0.25) is 0 Å². The van der Waals surface area contributed by atoms with E-state index >= 15 is 0 Å². The van der Waals surface area contributed by atoms with Gasteiger partial charge in [0.2, 0.25) is 0 Å². The van der Waals surface area contributed by atoms with Crippen molar-refractivity contribution in [2.75, 3.05) is 5.32 Å². The summed E-state index contributed by atoms with van der Waals surface area (Å²) in [6, 6.07) is 15.9. The molecule has 2 aromatic rings. The van der Waals surface area contributed by atoms with Crippen molar-refractivity contribution in [1.82, 2.24) is 5.32 Å². The predicted molar refractivity (Wildman–Crippen MR) is 83.4 cm³/mol. The number of anilines is 1. The molecule has 0 radical (unpaired) electrons. The molecule has 2 amide bonds. The average molecular weight is 282 g/mol. The molecule has 4 heteroatoms. The van der Waals surface area contributed by atoms with E-state index in [1.807, 2.05) is 44.2 Å². The van der Waals surface area contributed by atoms with Crippen molar-refractivity contribution in [3.63, 3.8) is 0 Å². The lowest BCUT2D eigenvalue weighted by Gasteiger charge is -2.09. The van der Waals surface area contributed by atoms with Gasteiger partial charge in [-0.1, -0.05) is 18.2 Å². The molecule has 108 valence electrons. The van der Waals surface area contributed by atoms with Crippen LogP contribution in [0.3, 0.4) is 0 Å². The quantitative estimate of drug-likeness (QED) is 0.905. The van der Waals surface area contributed by atoms with Gasteiger partial charge in [-0.15, -0.1) is 0 Å². The van der Waals surface area contributed by atoms with Gasteiger partial charge < -0.3 is 10.6 Å². The van der Waals surface area contributed by atoms with Gasteiger partial charge in [0, 0.05) is 22.9 Å². The number of benzene rings is 2. The highest BCUT2D eigenvalue weighted by atomic mass is 16.2. The maximum absolute atomic E-state index is 12.1. The van der Waals surface area contributed by atoms with Crippen molar-refractivity contribution in [2.24, 2.45) is 0 Å². The highest BCUT2D eigenvalue weighted by Gasteiger charge is 2.09. The summed E-state index contributed by atoms with van der Waals surface area (Å²) in [4.78, 5) is 23.9. The minimum atomic E-state index is -0.197. The second-order valence-corrected chi connectivity index (χ2v) is 5.03. The number of amides is 2. The standard InChI is InChI=1S/C17H18N2O2/c1-12(2)18-16(20)13-8-10-14(11-9-13)17(21)19-15-6-4-3-5-7-15/h3-12H,1-2H3,(H,18,20)(H,19,21). The van der Waals surface area contributed by atoms with E-state index in [0.717, 1.165) is 5.69 Å². The Morgan fingerprint density at radius 3 is 1.86 bits per heavy atom. The molecule has 2 rings (SSSR count). The largest absolute Gasteiger partial charge is 0.350 e. The maximum atomic E-state index is 12.1. The molecule has 0 atom stereocenters. The fourth-order valence-corrected chi connectivity index (χ4v) is 1.84. The number of nitrogens with one attached hydrogen (secondary N) is 2. The predicted octanol–water partition coefficient (Wildman–Crippen LogP) is 3.08. The number of hydrogen-bond donors (Lipinski definition) is 2. The van der Waals surface area contributed by atoms with Gasteiger partial charge in [0.15, 0.2) is 0 Å². The average Bonchev–Trinajstić information content (AvgIpc) is 2.47. The zero-order valence-electron chi connectivity index (χ0n) is 12.1. The van der Waals surface area contributed by atoms with Gasteiger partial charge in [-0.3, -0.25) is 9.59 Å². The minimum Gasteiger partial charge on any atom is -0.350 e. The van der Waals surface area contributed by atoms with Crippen LogP contribution in [-0.4, -0.2) is 17.9 Å². The van der Waals surface area contributed by atoms with E-state index in [2.05, 4.69) is 10.6 Å². The topological polar surface area (TPSA) is 58.2 Å². The van der Waals surface area contributed by atoms with E-state index in [0.29, 0.717) is 11.1 Å². The van der Waals surface area contributed by atoms with Crippen LogP contribution in [0, 0.1) is 0 Å². The first-order valence-corrected chi connectivity index (χ1v) is 6.83. The number of rotatable bonds is 4. The third-order valence-electron chi connectivity index (χ3n) is 2.86. The second-order valence-electron chi connectivity index (χ2n) is 5.03. The Morgan fingerprint density at radius 2 is 1.33 bits per heavy atom. The molecular weight excluding hydrogens is 264 g/mol. The molecule has 0 aliphatic heterocycles. The monoisotopic (exact) mass is 282 g/mol. The number of hydrogen-bond acceptors (Lipinski definition) is 2. The lowest BCUT2D eigenvalue weighted by molar-refractivity contribution is 0.0941. The summed E-state index contributed by atoms with van der Waals surface area (Å²) in [7, 11) is 0. The molecule has 0 bridgehead atoms. The van der Waals surface area contributed by atoms with Gasteiger partial charge in [0.05, 0.1) is 0 Å². The van der Waals surface area contributed by atoms with Crippen molar-refractivity contribution in [1.29, 1.82) is 0 Å². The fourth-order valence-electron chi connectivity index (χ4n) is 1.84. The SMILES string of the molecule is CC(C)NC(=O)c1ccc(C(=O)Nc2ccccc2)cc1. The number of carbonyl (C=O) groups is 2. The van der Waals surface area contributed by atoms with E-state index in [-0.39, 0.29) is 17.9 Å². The molecule has 4 nitrogen and oxygen atoms in total. The van der Waals surface area contributed by atoms with Crippen molar-refractivity contribution < 1.29 is 9.59 Å². The summed E-state index contributed by atoms with van der Waals surface area (Å²) in [5.74, 6) is -0.336. The number of para-hydroxylation sites is 1. The molecule has 0 fully saturated rings. The first-order valence-electron chi connectivity index (χ1n) is 6.83. The zero-order chi connectivity index (χ0) is 15.2. The molecule has 2 N–H and O–H groups in total. The summed E-state index contributed by atoms with van der Waals surface area (Å²) >= 11 is 0. The van der Waals surface area contributed by atoms with E-state index < -0.39 is 0 Å². The molecule has 0 aliphatic rings. The van der Waals surface area contributed by atoms with Crippen molar-refractivity contribution in [3.05, 3.63) is 65.7 Å². The highest BCUT2D eigenvalue weighted by molar-refractivity contribution is 6.05. The van der Waals surface area contributed by atoms with Crippen LogP contribution in [0.15, 0.2) is 54.6 Å². The normalized spacial score (nSPS) is 10.2. The minimum absolute atomic E-state index is 0.0820. The van der Waals surface area contributed by atoms with Crippen LogP contribution in [0.25, 0.3) is 0 Å². The van der Waals surface area contributed by atoms with Gasteiger partial charge in [-0.25, -0.2) is 0 Å². The first kappa shape index (κ1) is 14.8. The summed E-state index contributed by atoms with van der Waals surface area (Å²) in [5.41, 5.74) is 1.80. The molecular formula is C17H18N2O2. The molecule has 0 saturated heterocycles. The molecule has 0 unspecified atom stereocenters. The van der Waals surface area contributed by atoms with E-state index in [1.54, 1.807) is 24.3 Å². The Bertz CT molecular complexity index is 619. The van der Waals surface area contributed by atoms with E-state index in [9.17, 15) is 9.59 Å². The highest BCUT2D eigenvalue weighted by Crippen LogP contribution is 2.10. The molecule has 0 saturated carbocycles. The third-order valence-corrected chi connectivity index (χ3v) is 2.86. The summed E-state index contributed by atoms with van der Waals surface area (Å²) in [6.45, 7) is 3.80. The van der Waals surface area contributed by atoms with Gasteiger partial charge in [-0.05, 0) is 50.2 Å². The Hall–Kier alpha value is -2.62. The molecule has 21 heavy (non-hydrogen) atoms. The lowest BCUT2D eigenvalue weighted by atomic mass is 10.1. The molecule has 2 aromatic carbocycles. The summed E-state index contributed by atoms with van der Waals surface area (Å²) in [6.07, 6.45) is 0. The zero-order valence-corrected chi connectivity index (χ0v) is 12.1. The Balaban J connectivity index is 2.05. The van der Waals surface area contributed by atoms with E-state index in [4.69, 9.17) is 0 Å². The van der Waals surface area contributed by atoms with Crippen molar-refractivity contribution in [2.45, 2.75) is 19.9 Å². The Kier molecular flexibility index (Phi) is 4.72. The third kappa shape index (κ3) is 4.18. The molecule has 0 heterocycles. The van der Waals surface area contributed by atoms with Gasteiger partial charge in [-0.2, -0.15) is 0 Å². The second kappa shape index (κ2) is 6.70. The van der Waals surface area contributed by atoms with Gasteiger partial charge in [0.1, 0.15) is 0 Å². The van der Waals surface area contributed by atoms with Gasteiger partial charge in [0.25, 0.3) is 11.8 Å². The van der Waals surface area contributed by atoms with Gasteiger partial charge >= 0.3 is 0 Å². The Morgan fingerprint density at radius 1 is 0.810 bits per heavy atom. The van der Waals surface area contributed by atoms with Crippen LogP contribution in [0.1, 0.15) is 34.6 Å². The number of carbonyl (C=O) groups excluding carboxylic acids is 2. The van der Waals surface area contributed by atoms with Crippen molar-refractivity contribution >= 4 is 17.5 Å². The smallest absolute Gasteiger partial charge is 0.255 e. The van der Waals surface area contributed by atoms with Crippen LogP contribution < -0.4 is 10.6 Å². The maximum Gasteiger partial charge on any atom is 0.255 e. The summed E-state index contributed by atoms with van der Waals surface area (Å²) in [5, 5.41) is 5.61. The molecule has 0 spiro atoms. The van der Waals surface area contributed by atoms with Crippen molar-refractivity contribution in [3.8, 4) is 0 Å².